The van der Waals surface area contributed by atoms with E-state index in [0.717, 1.165) is 19.0 Å². The molecule has 0 amide bonds. The van der Waals surface area contributed by atoms with E-state index in [1.807, 2.05) is 18.4 Å². The van der Waals surface area contributed by atoms with Gasteiger partial charge in [0.05, 0.1) is 5.69 Å². The maximum absolute atomic E-state index is 4.88. The third-order valence-electron chi connectivity index (χ3n) is 3.06. The number of thiazole rings is 1. The Balaban J connectivity index is 2.15. The lowest BCUT2D eigenvalue weighted by atomic mass is 9.96. The fourth-order valence-corrected chi connectivity index (χ4v) is 3.37. The van der Waals surface area contributed by atoms with Crippen molar-refractivity contribution in [1.82, 2.24) is 10.3 Å². The van der Waals surface area contributed by atoms with E-state index in [4.69, 9.17) is 4.98 Å². The standard InChI is InChI=1S/C14H25N3S/c1-14(2,3)9-17(5)13-16-12(10-6-7-10)11(18-13)8-15-4/h10,15H,6-9H2,1-5H3. The van der Waals surface area contributed by atoms with Crippen LogP contribution in [0.25, 0.3) is 0 Å². The molecule has 0 aliphatic heterocycles. The zero-order chi connectivity index (χ0) is 13.3. The number of nitrogens with one attached hydrogen (secondary N) is 1. The van der Waals surface area contributed by atoms with Gasteiger partial charge in [0.15, 0.2) is 5.13 Å². The van der Waals surface area contributed by atoms with Gasteiger partial charge in [-0.15, -0.1) is 11.3 Å². The predicted molar refractivity (Wildman–Crippen MR) is 79.6 cm³/mol. The Morgan fingerprint density at radius 1 is 1.39 bits per heavy atom. The largest absolute Gasteiger partial charge is 0.351 e. The highest BCUT2D eigenvalue weighted by atomic mass is 32.1. The van der Waals surface area contributed by atoms with Crippen LogP contribution in [0.5, 0.6) is 0 Å². The molecule has 0 bridgehead atoms. The molecule has 1 aliphatic rings. The lowest BCUT2D eigenvalue weighted by molar-refractivity contribution is 0.418. The number of nitrogens with zero attached hydrogens (tertiary/aromatic N) is 2. The van der Waals surface area contributed by atoms with E-state index in [9.17, 15) is 0 Å². The minimum atomic E-state index is 0.309. The molecule has 0 saturated heterocycles. The Hall–Kier alpha value is -0.610. The van der Waals surface area contributed by atoms with Crippen molar-refractivity contribution < 1.29 is 0 Å². The fraction of sp³-hybridized carbons (Fsp3) is 0.786. The van der Waals surface area contributed by atoms with Gasteiger partial charge in [-0.2, -0.15) is 0 Å². The van der Waals surface area contributed by atoms with Gasteiger partial charge in [0.25, 0.3) is 0 Å². The van der Waals surface area contributed by atoms with Crippen LogP contribution >= 0.6 is 11.3 Å². The summed E-state index contributed by atoms with van der Waals surface area (Å²) in [6, 6.07) is 0. The Morgan fingerprint density at radius 2 is 2.06 bits per heavy atom. The second kappa shape index (κ2) is 5.17. The first-order valence-corrected chi connectivity index (χ1v) is 7.57. The molecule has 1 saturated carbocycles. The molecule has 1 heterocycles. The van der Waals surface area contributed by atoms with Gasteiger partial charge in [-0.1, -0.05) is 20.8 Å². The predicted octanol–water partition coefficient (Wildman–Crippen LogP) is 3.22. The number of hydrogen-bond acceptors (Lipinski definition) is 4. The first kappa shape index (κ1) is 13.8. The van der Waals surface area contributed by atoms with Gasteiger partial charge in [-0.05, 0) is 25.3 Å². The normalized spacial score (nSPS) is 16.1. The molecular weight excluding hydrogens is 242 g/mol. The molecule has 0 atom stereocenters. The van der Waals surface area contributed by atoms with E-state index in [1.54, 1.807) is 0 Å². The lowest BCUT2D eigenvalue weighted by Gasteiger charge is -2.26. The van der Waals surface area contributed by atoms with Crippen LogP contribution in [-0.2, 0) is 6.54 Å². The molecule has 0 aromatic carbocycles. The Morgan fingerprint density at radius 3 is 2.56 bits per heavy atom. The number of aromatic nitrogens is 1. The van der Waals surface area contributed by atoms with Crippen LogP contribution in [0.3, 0.4) is 0 Å². The summed E-state index contributed by atoms with van der Waals surface area (Å²) in [6.45, 7) is 8.81. The van der Waals surface area contributed by atoms with Crippen LogP contribution in [0.15, 0.2) is 0 Å². The van der Waals surface area contributed by atoms with Crippen LogP contribution < -0.4 is 10.2 Å². The monoisotopic (exact) mass is 267 g/mol. The summed E-state index contributed by atoms with van der Waals surface area (Å²) in [7, 11) is 4.17. The van der Waals surface area contributed by atoms with E-state index in [0.29, 0.717) is 5.41 Å². The van der Waals surface area contributed by atoms with Gasteiger partial charge in [-0.25, -0.2) is 4.98 Å². The molecule has 102 valence electrons. The van der Waals surface area contributed by atoms with E-state index in [1.165, 1.54) is 28.5 Å². The van der Waals surface area contributed by atoms with Crippen molar-refractivity contribution in [2.24, 2.45) is 5.41 Å². The van der Waals surface area contributed by atoms with Gasteiger partial charge >= 0.3 is 0 Å². The number of hydrogen-bond donors (Lipinski definition) is 1. The summed E-state index contributed by atoms with van der Waals surface area (Å²) in [4.78, 5) is 8.61. The topological polar surface area (TPSA) is 28.2 Å². The molecule has 18 heavy (non-hydrogen) atoms. The molecule has 1 aliphatic carbocycles. The smallest absolute Gasteiger partial charge is 0.185 e. The van der Waals surface area contributed by atoms with Crippen molar-refractivity contribution in [3.8, 4) is 0 Å². The SMILES string of the molecule is CNCc1sc(N(C)CC(C)(C)C)nc1C1CC1. The van der Waals surface area contributed by atoms with Crippen molar-refractivity contribution >= 4 is 16.5 Å². The summed E-state index contributed by atoms with van der Waals surface area (Å²) in [5, 5.41) is 4.44. The van der Waals surface area contributed by atoms with E-state index < -0.39 is 0 Å². The Bertz CT molecular complexity index is 402. The minimum Gasteiger partial charge on any atom is -0.351 e. The molecule has 3 nitrogen and oxygen atoms in total. The maximum atomic E-state index is 4.88. The summed E-state index contributed by atoms with van der Waals surface area (Å²) in [6.07, 6.45) is 2.64. The van der Waals surface area contributed by atoms with E-state index in [2.05, 4.69) is 38.0 Å². The molecular formula is C14H25N3S. The van der Waals surface area contributed by atoms with Crippen LogP contribution in [0, 0.1) is 5.41 Å². The minimum absolute atomic E-state index is 0.309. The first-order valence-electron chi connectivity index (χ1n) is 6.76. The Labute approximate surface area is 115 Å². The van der Waals surface area contributed by atoms with Crippen molar-refractivity contribution in [1.29, 1.82) is 0 Å². The molecule has 0 unspecified atom stereocenters. The third kappa shape index (κ3) is 3.45. The van der Waals surface area contributed by atoms with Crippen LogP contribution in [0.4, 0.5) is 5.13 Å². The molecule has 4 heteroatoms. The van der Waals surface area contributed by atoms with Crippen LogP contribution in [-0.4, -0.2) is 25.6 Å². The quantitative estimate of drug-likeness (QED) is 0.888. The van der Waals surface area contributed by atoms with Gasteiger partial charge in [-0.3, -0.25) is 0 Å². The molecule has 0 spiro atoms. The highest BCUT2D eigenvalue weighted by Gasteiger charge is 2.30. The van der Waals surface area contributed by atoms with E-state index in [-0.39, 0.29) is 0 Å². The summed E-state index contributed by atoms with van der Waals surface area (Å²) in [5.41, 5.74) is 1.66. The zero-order valence-electron chi connectivity index (χ0n) is 12.2. The molecule has 1 N–H and O–H groups in total. The van der Waals surface area contributed by atoms with Crippen molar-refractivity contribution in [2.45, 2.75) is 46.1 Å². The van der Waals surface area contributed by atoms with Gasteiger partial charge in [0.1, 0.15) is 0 Å². The van der Waals surface area contributed by atoms with Crippen LogP contribution in [0.1, 0.15) is 50.1 Å². The summed E-state index contributed by atoms with van der Waals surface area (Å²) in [5.74, 6) is 0.737. The van der Waals surface area contributed by atoms with Crippen molar-refractivity contribution in [2.75, 3.05) is 25.5 Å². The number of anilines is 1. The first-order chi connectivity index (χ1) is 8.40. The summed E-state index contributed by atoms with van der Waals surface area (Å²) < 4.78 is 0. The average molecular weight is 267 g/mol. The van der Waals surface area contributed by atoms with E-state index >= 15 is 0 Å². The van der Waals surface area contributed by atoms with Crippen LogP contribution in [0.2, 0.25) is 0 Å². The van der Waals surface area contributed by atoms with Crippen molar-refractivity contribution in [3.63, 3.8) is 0 Å². The van der Waals surface area contributed by atoms with Gasteiger partial charge in [0, 0.05) is 30.9 Å². The zero-order valence-corrected chi connectivity index (χ0v) is 13.0. The summed E-state index contributed by atoms with van der Waals surface area (Å²) >= 11 is 1.85. The molecule has 1 aromatic rings. The third-order valence-corrected chi connectivity index (χ3v) is 4.24. The molecule has 0 radical (unpaired) electrons. The second-order valence-electron chi connectivity index (χ2n) is 6.53. The molecule has 2 rings (SSSR count). The fourth-order valence-electron chi connectivity index (χ4n) is 2.26. The molecule has 1 aromatic heterocycles. The highest BCUT2D eigenvalue weighted by molar-refractivity contribution is 7.15. The lowest BCUT2D eigenvalue weighted by Crippen LogP contribution is -2.28. The van der Waals surface area contributed by atoms with Gasteiger partial charge < -0.3 is 10.2 Å². The number of rotatable bonds is 5. The second-order valence-corrected chi connectivity index (χ2v) is 7.59. The maximum Gasteiger partial charge on any atom is 0.185 e. The highest BCUT2D eigenvalue weighted by Crippen LogP contribution is 2.44. The molecule has 1 fully saturated rings. The van der Waals surface area contributed by atoms with Crippen molar-refractivity contribution in [3.05, 3.63) is 10.6 Å². The Kier molecular flexibility index (Phi) is 3.97. The average Bonchev–Trinajstić information content (AvgIpc) is 2.98. The van der Waals surface area contributed by atoms with Gasteiger partial charge in [0.2, 0.25) is 0 Å².